The lowest BCUT2D eigenvalue weighted by Crippen LogP contribution is -2.16. The van der Waals surface area contributed by atoms with E-state index in [4.69, 9.17) is 9.15 Å². The summed E-state index contributed by atoms with van der Waals surface area (Å²) in [5.74, 6) is 1.71. The molecule has 0 atom stereocenters. The molecule has 101 valence electrons. The van der Waals surface area contributed by atoms with E-state index >= 15 is 0 Å². The lowest BCUT2D eigenvalue weighted by atomic mass is 9.70. The molecule has 1 heterocycles. The van der Waals surface area contributed by atoms with Gasteiger partial charge in [-0.3, -0.25) is 0 Å². The molecule has 0 saturated carbocycles. The molecule has 0 aliphatic carbocycles. The van der Waals surface area contributed by atoms with Gasteiger partial charge in [-0.25, -0.2) is 0 Å². The van der Waals surface area contributed by atoms with Crippen LogP contribution in [0.5, 0.6) is 0 Å². The molecule has 0 fully saturated rings. The van der Waals surface area contributed by atoms with Crippen LogP contribution in [0.25, 0.3) is 12.7 Å². The quantitative estimate of drug-likeness (QED) is 0.553. The topological polar surface area (TPSA) is 22.4 Å². The zero-order chi connectivity index (χ0) is 14.3. The van der Waals surface area contributed by atoms with E-state index in [0.29, 0.717) is 6.61 Å². The number of ether oxygens (including phenoxy) is 1. The van der Waals surface area contributed by atoms with E-state index in [-0.39, 0.29) is 0 Å². The molecule has 0 amide bonds. The molecule has 1 aromatic heterocycles. The Morgan fingerprint density at radius 1 is 1.47 bits per heavy atom. The fourth-order valence-electron chi connectivity index (χ4n) is 1.62. The van der Waals surface area contributed by atoms with Gasteiger partial charge in [-0.1, -0.05) is 24.8 Å². The Kier molecular flexibility index (Phi) is 6.27. The van der Waals surface area contributed by atoms with Crippen molar-refractivity contribution in [2.45, 2.75) is 33.4 Å². The van der Waals surface area contributed by atoms with E-state index in [2.05, 4.69) is 34.3 Å². The van der Waals surface area contributed by atoms with Crippen LogP contribution < -0.4 is 10.6 Å². The Hall–Kier alpha value is -1.64. The molecule has 0 aliphatic heterocycles. The van der Waals surface area contributed by atoms with E-state index in [1.165, 1.54) is 5.57 Å². The smallest absolute Gasteiger partial charge is 0.133 e. The fraction of sp³-hybridized carbons (Fsp3) is 0.375. The van der Waals surface area contributed by atoms with Crippen molar-refractivity contribution in [1.29, 1.82) is 0 Å². The van der Waals surface area contributed by atoms with Crippen molar-refractivity contribution in [3.63, 3.8) is 0 Å². The van der Waals surface area contributed by atoms with Gasteiger partial charge in [0, 0.05) is 5.22 Å². The Morgan fingerprint density at radius 3 is 2.84 bits per heavy atom. The van der Waals surface area contributed by atoms with Crippen LogP contribution in [-0.2, 0) is 11.1 Å². The maximum Gasteiger partial charge on any atom is 0.133 e. The van der Waals surface area contributed by atoms with Crippen LogP contribution in [0, 0.1) is 0 Å². The second-order valence-corrected chi connectivity index (χ2v) is 4.68. The van der Waals surface area contributed by atoms with Crippen LogP contribution in [-0.4, -0.2) is 13.9 Å². The first-order chi connectivity index (χ1) is 9.02. The van der Waals surface area contributed by atoms with Crippen molar-refractivity contribution in [1.82, 2.24) is 0 Å². The summed E-state index contributed by atoms with van der Waals surface area (Å²) in [6, 6.07) is 1.98. The maximum atomic E-state index is 5.74. The number of allylic oxidation sites excluding steroid dienone is 3. The lowest BCUT2D eigenvalue weighted by molar-refractivity contribution is 0.233. The minimum Gasteiger partial charge on any atom is -0.500 e. The summed E-state index contributed by atoms with van der Waals surface area (Å²) < 4.78 is 11.0. The average molecular weight is 257 g/mol. The van der Waals surface area contributed by atoms with Crippen molar-refractivity contribution < 1.29 is 9.15 Å². The van der Waals surface area contributed by atoms with Gasteiger partial charge in [0.25, 0.3) is 0 Å². The number of hydrogen-bond acceptors (Lipinski definition) is 2. The summed E-state index contributed by atoms with van der Waals surface area (Å²) in [4.78, 5) is 0. The van der Waals surface area contributed by atoms with E-state index in [1.807, 2.05) is 25.1 Å². The zero-order valence-electron chi connectivity index (χ0n) is 12.2. The lowest BCUT2D eigenvalue weighted by Gasteiger charge is -2.04. The molecular weight excluding hydrogens is 235 g/mol. The third-order valence-corrected chi connectivity index (χ3v) is 2.53. The summed E-state index contributed by atoms with van der Waals surface area (Å²) in [5.41, 5.74) is 2.06. The van der Waals surface area contributed by atoms with Gasteiger partial charge in [-0.15, -0.1) is 0 Å². The van der Waals surface area contributed by atoms with Gasteiger partial charge in [-0.05, 0) is 45.6 Å². The van der Waals surface area contributed by atoms with Gasteiger partial charge in [0.05, 0.1) is 18.1 Å². The van der Waals surface area contributed by atoms with Gasteiger partial charge in [-0.2, -0.15) is 0 Å². The van der Waals surface area contributed by atoms with E-state index in [0.717, 1.165) is 34.8 Å². The number of hydrogen-bond donors (Lipinski definition) is 0. The van der Waals surface area contributed by atoms with Crippen molar-refractivity contribution in [2.75, 3.05) is 6.61 Å². The van der Waals surface area contributed by atoms with Crippen LogP contribution in [0.15, 0.2) is 34.5 Å². The third kappa shape index (κ3) is 5.69. The molecule has 0 saturated heterocycles. The molecule has 3 heteroatoms. The highest BCUT2D eigenvalue weighted by Gasteiger charge is 2.02. The Balaban J connectivity index is 2.60. The molecule has 0 bridgehead atoms. The highest BCUT2D eigenvalue weighted by Crippen LogP contribution is 2.02. The van der Waals surface area contributed by atoms with Crippen LogP contribution in [0.1, 0.15) is 26.5 Å². The minimum atomic E-state index is 0.665. The van der Waals surface area contributed by atoms with Crippen LogP contribution >= 0.6 is 0 Å². The number of furan rings is 1. The second-order valence-electron chi connectivity index (χ2n) is 4.68. The molecule has 0 N–H and O–H groups in total. The van der Waals surface area contributed by atoms with Crippen LogP contribution in [0.4, 0.5) is 0 Å². The first-order valence-electron chi connectivity index (χ1n) is 6.58. The molecule has 2 nitrogen and oxygen atoms in total. The first kappa shape index (κ1) is 15.4. The highest BCUT2D eigenvalue weighted by molar-refractivity contribution is 6.35. The van der Waals surface area contributed by atoms with E-state index in [9.17, 15) is 0 Å². The fourth-order valence-corrected chi connectivity index (χ4v) is 1.62. The Bertz CT molecular complexity index is 548. The standard InChI is InChI=1S/C16H22BO2/c1-6-18-14(5)10-17-11-15-9-13(4)16(19-15)8-7-12(2)3/h7-9H,4-6,10-11H2,1-3H3/b16-8+. The Labute approximate surface area is 116 Å². The molecule has 1 aromatic rings. The summed E-state index contributed by atoms with van der Waals surface area (Å²) >= 11 is 0. The third-order valence-electron chi connectivity index (χ3n) is 2.53. The van der Waals surface area contributed by atoms with Gasteiger partial charge in [0.1, 0.15) is 12.7 Å². The van der Waals surface area contributed by atoms with Gasteiger partial charge >= 0.3 is 0 Å². The van der Waals surface area contributed by atoms with Gasteiger partial charge < -0.3 is 9.15 Å². The second kappa shape index (κ2) is 7.72. The summed E-state index contributed by atoms with van der Waals surface area (Å²) in [7, 11) is 2.10. The predicted molar refractivity (Wildman–Crippen MR) is 82.4 cm³/mol. The minimum absolute atomic E-state index is 0.665. The predicted octanol–water partition coefficient (Wildman–Crippen LogP) is 2.61. The maximum absolute atomic E-state index is 5.74. The highest BCUT2D eigenvalue weighted by atomic mass is 16.5. The molecule has 1 rings (SSSR count). The largest absolute Gasteiger partial charge is 0.500 e. The normalized spacial score (nSPS) is 11.2. The van der Waals surface area contributed by atoms with Gasteiger partial charge in [0.15, 0.2) is 0 Å². The average Bonchev–Trinajstić information content (AvgIpc) is 2.67. The molecule has 19 heavy (non-hydrogen) atoms. The molecule has 0 spiro atoms. The van der Waals surface area contributed by atoms with Crippen molar-refractivity contribution >= 4 is 19.9 Å². The van der Waals surface area contributed by atoms with Gasteiger partial charge in [0.2, 0.25) is 0 Å². The molecule has 0 aromatic carbocycles. The molecule has 0 unspecified atom stereocenters. The number of rotatable bonds is 7. The molecule has 1 radical (unpaired) electrons. The van der Waals surface area contributed by atoms with Crippen LogP contribution in [0.2, 0.25) is 6.32 Å². The summed E-state index contributed by atoms with van der Waals surface area (Å²) in [6.07, 6.45) is 5.49. The van der Waals surface area contributed by atoms with Crippen molar-refractivity contribution in [3.8, 4) is 0 Å². The van der Waals surface area contributed by atoms with Crippen molar-refractivity contribution in [2.24, 2.45) is 0 Å². The first-order valence-corrected chi connectivity index (χ1v) is 6.58. The monoisotopic (exact) mass is 257 g/mol. The van der Waals surface area contributed by atoms with Crippen molar-refractivity contribution in [3.05, 3.63) is 46.4 Å². The summed E-state index contributed by atoms with van der Waals surface area (Å²) in [5, 5.41) is 0.921. The zero-order valence-corrected chi connectivity index (χ0v) is 12.2. The van der Waals surface area contributed by atoms with E-state index < -0.39 is 0 Å². The Morgan fingerprint density at radius 2 is 2.21 bits per heavy atom. The summed E-state index contributed by atoms with van der Waals surface area (Å²) in [6.45, 7) is 14.5. The SMILES string of the molecule is C=C(C[B]Cc1cc(=C)/c(=C\C=C(C)C)o1)OCC. The molecular formula is C16H22BO2. The van der Waals surface area contributed by atoms with E-state index in [1.54, 1.807) is 0 Å². The van der Waals surface area contributed by atoms with Crippen LogP contribution in [0.3, 0.4) is 0 Å². The molecule has 0 aliphatic rings.